The number of nitrogens with one attached hydrogen (secondary N) is 3. The minimum Gasteiger partial charge on any atom is -0.373 e. The van der Waals surface area contributed by atoms with Crippen LogP contribution < -0.4 is 15.4 Å². The Morgan fingerprint density at radius 3 is 2.00 bits per heavy atom. The van der Waals surface area contributed by atoms with Crippen molar-refractivity contribution >= 4 is 27.6 Å². The van der Waals surface area contributed by atoms with Crippen molar-refractivity contribution in [1.29, 1.82) is 0 Å². The van der Waals surface area contributed by atoms with Gasteiger partial charge in [-0.15, -0.1) is 0 Å². The van der Waals surface area contributed by atoms with Crippen molar-refractivity contribution in [3.05, 3.63) is 36.4 Å². The van der Waals surface area contributed by atoms with Gasteiger partial charge in [0.05, 0.1) is 4.90 Å². The minimum absolute atomic E-state index is 0.00468. The Bertz CT molecular complexity index is 666. The van der Waals surface area contributed by atoms with Crippen molar-refractivity contribution in [2.75, 3.05) is 29.5 Å². The lowest BCUT2D eigenvalue weighted by atomic mass is 10.4. The lowest BCUT2D eigenvalue weighted by molar-refractivity contribution is 0.601. The molecule has 20 heavy (non-hydrogen) atoms. The summed E-state index contributed by atoms with van der Waals surface area (Å²) in [5, 5.41) is 5.68. The normalized spacial score (nSPS) is 10.9. The van der Waals surface area contributed by atoms with Crippen molar-refractivity contribution in [2.45, 2.75) is 4.90 Å². The zero-order chi connectivity index (χ0) is 14.6. The van der Waals surface area contributed by atoms with Crippen molar-refractivity contribution in [3.8, 4) is 0 Å². The topological polar surface area (TPSA) is 96.0 Å². The van der Waals surface area contributed by atoms with Crippen LogP contribution in [-0.4, -0.2) is 32.5 Å². The van der Waals surface area contributed by atoms with Gasteiger partial charge in [0.25, 0.3) is 10.0 Å². The van der Waals surface area contributed by atoms with E-state index in [2.05, 4.69) is 25.3 Å². The second-order valence-electron chi connectivity index (χ2n) is 3.88. The molecule has 3 N–H and O–H groups in total. The quantitative estimate of drug-likeness (QED) is 0.770. The average Bonchev–Trinajstić information content (AvgIpc) is 2.47. The van der Waals surface area contributed by atoms with Gasteiger partial charge in [-0.1, -0.05) is 18.2 Å². The molecule has 1 aromatic heterocycles. The van der Waals surface area contributed by atoms with E-state index in [1.807, 2.05) is 0 Å². The maximum absolute atomic E-state index is 12.2. The summed E-state index contributed by atoms with van der Waals surface area (Å²) in [7, 11) is -0.310. The first-order valence-electron chi connectivity index (χ1n) is 5.87. The van der Waals surface area contributed by atoms with Crippen molar-refractivity contribution in [3.63, 3.8) is 0 Å². The smallest absolute Gasteiger partial charge is 0.264 e. The third kappa shape index (κ3) is 3.15. The molecule has 7 nitrogen and oxygen atoms in total. The first-order chi connectivity index (χ1) is 9.55. The Kier molecular flexibility index (Phi) is 4.04. The highest BCUT2D eigenvalue weighted by Gasteiger charge is 2.15. The van der Waals surface area contributed by atoms with Gasteiger partial charge in [0, 0.05) is 20.2 Å². The van der Waals surface area contributed by atoms with Crippen LogP contribution in [0.25, 0.3) is 0 Å². The van der Waals surface area contributed by atoms with E-state index < -0.39 is 10.0 Å². The molecule has 106 valence electrons. The first kappa shape index (κ1) is 14.1. The summed E-state index contributed by atoms with van der Waals surface area (Å²) in [5.74, 6) is 1.02. The molecule has 0 bridgehead atoms. The zero-order valence-electron chi connectivity index (χ0n) is 11.1. The second-order valence-corrected chi connectivity index (χ2v) is 5.56. The molecule has 0 aliphatic heterocycles. The number of nitrogens with zero attached hydrogens (tertiary/aromatic N) is 2. The standard InChI is InChI=1S/C12H15N5O2S/c1-13-10-8-11(14-2)16-12(15-10)17-20(18,19)9-6-4-3-5-7-9/h3-8H,1-2H3,(H3,13,14,15,16,17). The molecule has 0 saturated heterocycles. The summed E-state index contributed by atoms with van der Waals surface area (Å²) in [4.78, 5) is 8.27. The monoisotopic (exact) mass is 293 g/mol. The van der Waals surface area contributed by atoms with Gasteiger partial charge in [-0.25, -0.2) is 13.1 Å². The number of sulfonamides is 1. The molecule has 0 fully saturated rings. The third-order valence-electron chi connectivity index (χ3n) is 2.52. The number of rotatable bonds is 5. The van der Waals surface area contributed by atoms with Crippen molar-refractivity contribution in [2.24, 2.45) is 0 Å². The van der Waals surface area contributed by atoms with E-state index in [1.54, 1.807) is 38.4 Å². The Balaban J connectivity index is 2.34. The second kappa shape index (κ2) is 5.74. The number of aromatic nitrogens is 2. The largest absolute Gasteiger partial charge is 0.373 e. The lowest BCUT2D eigenvalue weighted by Gasteiger charge is -2.09. The van der Waals surface area contributed by atoms with Crippen LogP contribution in [-0.2, 0) is 10.0 Å². The summed E-state index contributed by atoms with van der Waals surface area (Å²) in [5.41, 5.74) is 0. The summed E-state index contributed by atoms with van der Waals surface area (Å²) >= 11 is 0. The maximum Gasteiger partial charge on any atom is 0.264 e. The van der Waals surface area contributed by atoms with Gasteiger partial charge in [-0.3, -0.25) is 0 Å². The first-order valence-corrected chi connectivity index (χ1v) is 7.36. The summed E-state index contributed by atoms with van der Waals surface area (Å²) in [6.07, 6.45) is 0. The fourth-order valence-electron chi connectivity index (χ4n) is 1.53. The Hall–Kier alpha value is -2.35. The molecule has 0 aliphatic rings. The van der Waals surface area contributed by atoms with Gasteiger partial charge in [0.2, 0.25) is 5.95 Å². The van der Waals surface area contributed by atoms with E-state index in [0.717, 1.165) is 0 Å². The molecule has 0 amide bonds. The van der Waals surface area contributed by atoms with Gasteiger partial charge in [0.15, 0.2) is 0 Å². The predicted molar refractivity (Wildman–Crippen MR) is 78.4 cm³/mol. The number of hydrogen-bond acceptors (Lipinski definition) is 6. The highest BCUT2D eigenvalue weighted by Crippen LogP contribution is 2.17. The van der Waals surface area contributed by atoms with Gasteiger partial charge >= 0.3 is 0 Å². The van der Waals surface area contributed by atoms with Crippen LogP contribution in [0, 0.1) is 0 Å². The summed E-state index contributed by atoms with van der Waals surface area (Å²) < 4.78 is 26.7. The molecule has 0 aliphatic carbocycles. The summed E-state index contributed by atoms with van der Waals surface area (Å²) in [6, 6.07) is 9.72. The van der Waals surface area contributed by atoms with E-state index in [4.69, 9.17) is 0 Å². The SMILES string of the molecule is CNc1cc(NC)nc(NS(=O)(=O)c2ccccc2)n1. The number of anilines is 3. The fourth-order valence-corrected chi connectivity index (χ4v) is 2.49. The molecule has 0 atom stereocenters. The zero-order valence-corrected chi connectivity index (χ0v) is 11.9. The van der Waals surface area contributed by atoms with Crippen LogP contribution >= 0.6 is 0 Å². The Labute approximate surface area is 117 Å². The molecule has 8 heteroatoms. The van der Waals surface area contributed by atoms with E-state index in [-0.39, 0.29) is 10.8 Å². The molecule has 1 aromatic carbocycles. The van der Waals surface area contributed by atoms with Crippen LogP contribution in [0.15, 0.2) is 41.3 Å². The Morgan fingerprint density at radius 2 is 1.50 bits per heavy atom. The van der Waals surface area contributed by atoms with Crippen LogP contribution in [0.4, 0.5) is 17.6 Å². The van der Waals surface area contributed by atoms with Crippen LogP contribution in [0.5, 0.6) is 0 Å². The van der Waals surface area contributed by atoms with Gasteiger partial charge in [0.1, 0.15) is 11.6 Å². The molecule has 0 saturated carbocycles. The van der Waals surface area contributed by atoms with E-state index >= 15 is 0 Å². The average molecular weight is 293 g/mol. The molecule has 2 rings (SSSR count). The van der Waals surface area contributed by atoms with Crippen LogP contribution in [0.1, 0.15) is 0 Å². The molecule has 2 aromatic rings. The molecule has 0 unspecified atom stereocenters. The molecule has 0 spiro atoms. The molecular formula is C12H15N5O2S. The summed E-state index contributed by atoms with van der Waals surface area (Å²) in [6.45, 7) is 0. The van der Waals surface area contributed by atoms with Crippen LogP contribution in [0.3, 0.4) is 0 Å². The predicted octanol–water partition coefficient (Wildman–Crippen LogP) is 1.36. The molecule has 1 heterocycles. The van der Waals surface area contributed by atoms with Crippen molar-refractivity contribution < 1.29 is 8.42 Å². The Morgan fingerprint density at radius 1 is 0.950 bits per heavy atom. The molecule has 0 radical (unpaired) electrons. The number of benzene rings is 1. The maximum atomic E-state index is 12.2. The van der Waals surface area contributed by atoms with E-state index in [1.165, 1.54) is 12.1 Å². The van der Waals surface area contributed by atoms with Gasteiger partial charge < -0.3 is 10.6 Å². The fraction of sp³-hybridized carbons (Fsp3) is 0.167. The van der Waals surface area contributed by atoms with Crippen molar-refractivity contribution in [1.82, 2.24) is 9.97 Å². The highest BCUT2D eigenvalue weighted by atomic mass is 32.2. The van der Waals surface area contributed by atoms with E-state index in [9.17, 15) is 8.42 Å². The van der Waals surface area contributed by atoms with Crippen LogP contribution in [0.2, 0.25) is 0 Å². The lowest BCUT2D eigenvalue weighted by Crippen LogP contribution is -2.16. The van der Waals surface area contributed by atoms with Gasteiger partial charge in [-0.05, 0) is 12.1 Å². The third-order valence-corrected chi connectivity index (χ3v) is 3.86. The molecular weight excluding hydrogens is 278 g/mol. The number of hydrogen-bond donors (Lipinski definition) is 3. The van der Waals surface area contributed by atoms with E-state index in [0.29, 0.717) is 11.6 Å². The van der Waals surface area contributed by atoms with Gasteiger partial charge in [-0.2, -0.15) is 9.97 Å². The highest BCUT2D eigenvalue weighted by molar-refractivity contribution is 7.92. The minimum atomic E-state index is -3.69.